The fourth-order valence-electron chi connectivity index (χ4n) is 1.98. The van der Waals surface area contributed by atoms with Gasteiger partial charge in [0.25, 0.3) is 0 Å². The average molecular weight is 258 g/mol. The SMILES string of the molecule is CC(C)CNCc1cncn1CCc1ccncc1. The van der Waals surface area contributed by atoms with Crippen molar-refractivity contribution < 1.29 is 0 Å². The number of hydrogen-bond donors (Lipinski definition) is 1. The van der Waals surface area contributed by atoms with Crippen molar-refractivity contribution in [2.75, 3.05) is 6.54 Å². The molecule has 102 valence electrons. The molecule has 19 heavy (non-hydrogen) atoms. The molecule has 0 aliphatic heterocycles. The van der Waals surface area contributed by atoms with Gasteiger partial charge in [-0.15, -0.1) is 0 Å². The van der Waals surface area contributed by atoms with E-state index in [1.165, 1.54) is 11.3 Å². The van der Waals surface area contributed by atoms with Gasteiger partial charge in [0.2, 0.25) is 0 Å². The van der Waals surface area contributed by atoms with Crippen LogP contribution in [0.5, 0.6) is 0 Å². The fourth-order valence-corrected chi connectivity index (χ4v) is 1.98. The molecule has 0 aromatic carbocycles. The van der Waals surface area contributed by atoms with E-state index < -0.39 is 0 Å². The Morgan fingerprint density at radius 2 is 2.00 bits per heavy atom. The quantitative estimate of drug-likeness (QED) is 0.828. The Balaban J connectivity index is 1.85. The molecule has 2 rings (SSSR count). The number of hydrogen-bond acceptors (Lipinski definition) is 3. The number of nitrogens with one attached hydrogen (secondary N) is 1. The second kappa shape index (κ2) is 7.04. The van der Waals surface area contributed by atoms with E-state index in [-0.39, 0.29) is 0 Å². The molecule has 0 saturated heterocycles. The van der Waals surface area contributed by atoms with Gasteiger partial charge in [-0.1, -0.05) is 13.8 Å². The third-order valence-corrected chi connectivity index (χ3v) is 3.05. The normalized spacial score (nSPS) is 11.1. The van der Waals surface area contributed by atoms with Gasteiger partial charge in [-0.3, -0.25) is 4.98 Å². The van der Waals surface area contributed by atoms with Crippen LogP contribution in [0.4, 0.5) is 0 Å². The molecule has 0 fully saturated rings. The summed E-state index contributed by atoms with van der Waals surface area (Å²) in [6, 6.07) is 4.13. The zero-order valence-electron chi connectivity index (χ0n) is 11.7. The molecule has 0 unspecified atom stereocenters. The van der Waals surface area contributed by atoms with Crippen LogP contribution in [0.3, 0.4) is 0 Å². The Hall–Kier alpha value is -1.68. The van der Waals surface area contributed by atoms with Crippen LogP contribution < -0.4 is 5.32 Å². The monoisotopic (exact) mass is 258 g/mol. The molecule has 2 aromatic heterocycles. The number of imidazole rings is 1. The van der Waals surface area contributed by atoms with Gasteiger partial charge in [0.15, 0.2) is 0 Å². The third-order valence-electron chi connectivity index (χ3n) is 3.05. The lowest BCUT2D eigenvalue weighted by Gasteiger charge is -2.10. The number of pyridine rings is 1. The van der Waals surface area contributed by atoms with E-state index in [9.17, 15) is 0 Å². The number of rotatable bonds is 7. The van der Waals surface area contributed by atoms with E-state index in [0.29, 0.717) is 5.92 Å². The summed E-state index contributed by atoms with van der Waals surface area (Å²) in [4.78, 5) is 8.28. The molecule has 4 heteroatoms. The highest BCUT2D eigenvalue weighted by atomic mass is 15.1. The van der Waals surface area contributed by atoms with E-state index >= 15 is 0 Å². The van der Waals surface area contributed by atoms with Gasteiger partial charge in [-0.05, 0) is 36.6 Å². The zero-order chi connectivity index (χ0) is 13.5. The van der Waals surface area contributed by atoms with Gasteiger partial charge in [-0.25, -0.2) is 4.98 Å². The van der Waals surface area contributed by atoms with Crippen LogP contribution in [0, 0.1) is 5.92 Å². The fraction of sp³-hybridized carbons (Fsp3) is 0.467. The highest BCUT2D eigenvalue weighted by Gasteiger charge is 2.02. The predicted octanol–water partition coefficient (Wildman–Crippen LogP) is 2.27. The molecule has 0 saturated carbocycles. The van der Waals surface area contributed by atoms with Crippen LogP contribution in [-0.2, 0) is 19.5 Å². The minimum atomic E-state index is 0.674. The van der Waals surface area contributed by atoms with Crippen LogP contribution >= 0.6 is 0 Å². The van der Waals surface area contributed by atoms with Gasteiger partial charge in [0.05, 0.1) is 12.0 Å². The van der Waals surface area contributed by atoms with Crippen molar-refractivity contribution in [2.45, 2.75) is 33.4 Å². The lowest BCUT2D eigenvalue weighted by Crippen LogP contribution is -2.21. The standard InChI is InChI=1S/C15H22N4/c1-13(2)9-17-10-15-11-18-12-19(15)8-5-14-3-6-16-7-4-14/h3-4,6-7,11-13,17H,5,8-10H2,1-2H3. The van der Waals surface area contributed by atoms with E-state index in [1.54, 1.807) is 0 Å². The highest BCUT2D eigenvalue weighted by Crippen LogP contribution is 2.04. The molecule has 4 nitrogen and oxygen atoms in total. The Bertz CT molecular complexity index is 476. The summed E-state index contributed by atoms with van der Waals surface area (Å²) in [5.41, 5.74) is 2.56. The van der Waals surface area contributed by atoms with Crippen molar-refractivity contribution in [2.24, 2.45) is 5.92 Å². The zero-order valence-corrected chi connectivity index (χ0v) is 11.7. The number of nitrogens with zero attached hydrogens (tertiary/aromatic N) is 3. The summed E-state index contributed by atoms with van der Waals surface area (Å²) in [7, 11) is 0. The Labute approximate surface area is 114 Å². The molecule has 0 aliphatic rings. The molecular weight excluding hydrogens is 236 g/mol. The molecule has 2 heterocycles. The summed E-state index contributed by atoms with van der Waals surface area (Å²) >= 11 is 0. The smallest absolute Gasteiger partial charge is 0.0948 e. The average Bonchev–Trinajstić information content (AvgIpc) is 2.85. The van der Waals surface area contributed by atoms with Crippen molar-refractivity contribution in [3.05, 3.63) is 48.3 Å². The summed E-state index contributed by atoms with van der Waals surface area (Å²) in [6.45, 7) is 7.31. The first kappa shape index (κ1) is 13.7. The van der Waals surface area contributed by atoms with Crippen molar-refractivity contribution in [1.29, 1.82) is 0 Å². The van der Waals surface area contributed by atoms with E-state index in [1.807, 2.05) is 24.9 Å². The summed E-state index contributed by atoms with van der Waals surface area (Å²) < 4.78 is 2.22. The molecule has 2 aromatic rings. The largest absolute Gasteiger partial charge is 0.333 e. The van der Waals surface area contributed by atoms with Crippen LogP contribution in [0.2, 0.25) is 0 Å². The molecule has 0 bridgehead atoms. The van der Waals surface area contributed by atoms with Gasteiger partial charge in [-0.2, -0.15) is 0 Å². The molecule has 0 amide bonds. The maximum atomic E-state index is 4.24. The first-order valence-electron chi connectivity index (χ1n) is 6.84. The Morgan fingerprint density at radius 3 is 2.74 bits per heavy atom. The number of aryl methyl sites for hydroxylation is 2. The van der Waals surface area contributed by atoms with Crippen LogP contribution in [0.15, 0.2) is 37.1 Å². The lowest BCUT2D eigenvalue weighted by atomic mass is 10.2. The number of aromatic nitrogens is 3. The van der Waals surface area contributed by atoms with Gasteiger partial charge < -0.3 is 9.88 Å². The van der Waals surface area contributed by atoms with Gasteiger partial charge >= 0.3 is 0 Å². The van der Waals surface area contributed by atoms with Gasteiger partial charge in [0.1, 0.15) is 0 Å². The second-order valence-corrected chi connectivity index (χ2v) is 5.21. The van der Waals surface area contributed by atoms with Crippen molar-refractivity contribution in [3.63, 3.8) is 0 Å². The highest BCUT2D eigenvalue weighted by molar-refractivity contribution is 5.10. The first-order chi connectivity index (χ1) is 9.25. The van der Waals surface area contributed by atoms with E-state index in [0.717, 1.165) is 26.1 Å². The third kappa shape index (κ3) is 4.48. The molecule has 0 aliphatic carbocycles. The minimum absolute atomic E-state index is 0.674. The molecular formula is C15H22N4. The molecule has 1 N–H and O–H groups in total. The van der Waals surface area contributed by atoms with Crippen molar-refractivity contribution in [1.82, 2.24) is 19.9 Å². The topological polar surface area (TPSA) is 42.7 Å². The van der Waals surface area contributed by atoms with Crippen LogP contribution in [0.1, 0.15) is 25.1 Å². The summed E-state index contributed by atoms with van der Waals surface area (Å²) in [5, 5.41) is 3.45. The first-order valence-corrected chi connectivity index (χ1v) is 6.84. The van der Waals surface area contributed by atoms with E-state index in [2.05, 4.69) is 45.8 Å². The second-order valence-electron chi connectivity index (χ2n) is 5.21. The molecule has 0 atom stereocenters. The maximum absolute atomic E-state index is 4.24. The minimum Gasteiger partial charge on any atom is -0.333 e. The van der Waals surface area contributed by atoms with Crippen LogP contribution in [-0.4, -0.2) is 21.1 Å². The van der Waals surface area contributed by atoms with E-state index in [4.69, 9.17) is 0 Å². The Morgan fingerprint density at radius 1 is 1.21 bits per heavy atom. The lowest BCUT2D eigenvalue weighted by molar-refractivity contribution is 0.534. The molecule has 0 radical (unpaired) electrons. The van der Waals surface area contributed by atoms with Gasteiger partial charge in [0, 0.05) is 31.7 Å². The molecule has 0 spiro atoms. The summed E-state index contributed by atoms with van der Waals surface area (Å²) in [6.07, 6.45) is 8.55. The van der Waals surface area contributed by atoms with Crippen molar-refractivity contribution >= 4 is 0 Å². The predicted molar refractivity (Wildman–Crippen MR) is 76.7 cm³/mol. The summed E-state index contributed by atoms with van der Waals surface area (Å²) in [5.74, 6) is 0.674. The van der Waals surface area contributed by atoms with Crippen LogP contribution in [0.25, 0.3) is 0 Å². The van der Waals surface area contributed by atoms with Crippen molar-refractivity contribution in [3.8, 4) is 0 Å². The Kier molecular flexibility index (Phi) is 5.10. The maximum Gasteiger partial charge on any atom is 0.0948 e.